The van der Waals surface area contributed by atoms with Crippen LogP contribution in [0.4, 0.5) is 10.5 Å². The SMILES string of the molecule is C=CCCn1c(C(=O)N2CCN(C(=O)Nc3ccccc3C)C(C)C2)cc2ccsc21. The number of hydrogen-bond donors (Lipinski definition) is 1. The summed E-state index contributed by atoms with van der Waals surface area (Å²) in [5, 5.41) is 6.16. The van der Waals surface area contributed by atoms with Crippen molar-refractivity contribution >= 4 is 39.2 Å². The molecular weight excluding hydrogens is 408 g/mol. The van der Waals surface area contributed by atoms with E-state index in [1.165, 1.54) is 0 Å². The van der Waals surface area contributed by atoms with Gasteiger partial charge in [-0.3, -0.25) is 4.79 Å². The highest BCUT2D eigenvalue weighted by molar-refractivity contribution is 7.16. The molecule has 3 amide bonds. The molecule has 7 heteroatoms. The smallest absolute Gasteiger partial charge is 0.322 e. The number of thiophene rings is 1. The number of nitrogens with zero attached hydrogens (tertiary/aromatic N) is 3. The van der Waals surface area contributed by atoms with Crippen molar-refractivity contribution in [3.63, 3.8) is 0 Å². The molecule has 3 aromatic rings. The zero-order valence-corrected chi connectivity index (χ0v) is 18.8. The summed E-state index contributed by atoms with van der Waals surface area (Å²) >= 11 is 1.65. The molecule has 1 aromatic carbocycles. The zero-order chi connectivity index (χ0) is 22.0. The monoisotopic (exact) mass is 436 g/mol. The highest BCUT2D eigenvalue weighted by Gasteiger charge is 2.31. The van der Waals surface area contributed by atoms with Crippen molar-refractivity contribution in [2.75, 3.05) is 25.0 Å². The van der Waals surface area contributed by atoms with Gasteiger partial charge in [-0.1, -0.05) is 24.3 Å². The zero-order valence-electron chi connectivity index (χ0n) is 18.0. The van der Waals surface area contributed by atoms with Gasteiger partial charge >= 0.3 is 6.03 Å². The van der Waals surface area contributed by atoms with E-state index in [9.17, 15) is 9.59 Å². The summed E-state index contributed by atoms with van der Waals surface area (Å²) in [7, 11) is 0. The molecule has 162 valence electrons. The van der Waals surface area contributed by atoms with Gasteiger partial charge in [-0.15, -0.1) is 17.9 Å². The Kier molecular flexibility index (Phi) is 6.13. The molecule has 0 bridgehead atoms. The van der Waals surface area contributed by atoms with Gasteiger partial charge in [-0.25, -0.2) is 4.79 Å². The Morgan fingerprint density at radius 3 is 2.81 bits per heavy atom. The lowest BCUT2D eigenvalue weighted by molar-refractivity contribution is 0.0582. The normalized spacial score (nSPS) is 16.5. The molecule has 1 N–H and O–H groups in total. The maximum Gasteiger partial charge on any atom is 0.322 e. The first kappa shape index (κ1) is 21.2. The van der Waals surface area contributed by atoms with Crippen molar-refractivity contribution < 1.29 is 9.59 Å². The second kappa shape index (κ2) is 8.98. The first-order valence-corrected chi connectivity index (χ1v) is 11.5. The molecule has 1 saturated heterocycles. The van der Waals surface area contributed by atoms with Crippen LogP contribution in [-0.4, -0.2) is 52.0 Å². The van der Waals surface area contributed by atoms with Gasteiger partial charge < -0.3 is 19.7 Å². The number of carbonyl (C=O) groups is 2. The minimum absolute atomic E-state index is 0.0262. The van der Waals surface area contributed by atoms with Gasteiger partial charge in [-0.2, -0.15) is 0 Å². The van der Waals surface area contributed by atoms with Gasteiger partial charge in [0.2, 0.25) is 0 Å². The highest BCUT2D eigenvalue weighted by atomic mass is 32.1. The largest absolute Gasteiger partial charge is 0.334 e. The van der Waals surface area contributed by atoms with Crippen molar-refractivity contribution in [3.05, 3.63) is 65.7 Å². The van der Waals surface area contributed by atoms with Crippen LogP contribution in [-0.2, 0) is 6.54 Å². The molecule has 4 rings (SSSR count). The fourth-order valence-corrected chi connectivity index (χ4v) is 5.02. The van der Waals surface area contributed by atoms with E-state index in [1.807, 2.05) is 60.1 Å². The number of fused-ring (bicyclic) bond motifs is 1. The molecule has 6 nitrogen and oxygen atoms in total. The summed E-state index contributed by atoms with van der Waals surface area (Å²) in [6.45, 7) is 10.1. The Bertz CT molecular complexity index is 1120. The average Bonchev–Trinajstić information content (AvgIpc) is 3.35. The van der Waals surface area contributed by atoms with Crippen LogP contribution >= 0.6 is 11.3 Å². The Morgan fingerprint density at radius 1 is 1.26 bits per heavy atom. The molecule has 1 aliphatic heterocycles. The second-order valence-electron chi connectivity index (χ2n) is 7.98. The fraction of sp³-hybridized carbons (Fsp3) is 0.333. The number of para-hydroxylation sites is 1. The molecule has 1 fully saturated rings. The van der Waals surface area contributed by atoms with Gasteiger partial charge in [0.05, 0.1) is 0 Å². The van der Waals surface area contributed by atoms with Crippen LogP contribution in [0.2, 0.25) is 0 Å². The van der Waals surface area contributed by atoms with E-state index in [4.69, 9.17) is 0 Å². The molecule has 3 heterocycles. The van der Waals surface area contributed by atoms with Crippen molar-refractivity contribution in [1.29, 1.82) is 0 Å². The van der Waals surface area contributed by atoms with Crippen LogP contribution in [0.15, 0.2) is 54.4 Å². The number of aryl methyl sites for hydroxylation is 2. The second-order valence-corrected chi connectivity index (χ2v) is 8.87. The Balaban J connectivity index is 1.46. The number of carbonyl (C=O) groups excluding carboxylic acids is 2. The summed E-state index contributed by atoms with van der Waals surface area (Å²) in [5.74, 6) is 0.0262. The highest BCUT2D eigenvalue weighted by Crippen LogP contribution is 2.27. The molecule has 1 unspecified atom stereocenters. The number of benzene rings is 1. The third-order valence-corrected chi connectivity index (χ3v) is 6.79. The predicted octanol–water partition coefficient (Wildman–Crippen LogP) is 4.97. The number of amides is 3. The summed E-state index contributed by atoms with van der Waals surface area (Å²) in [5.41, 5.74) is 2.56. The maximum absolute atomic E-state index is 13.4. The molecule has 0 aliphatic carbocycles. The molecule has 1 atom stereocenters. The van der Waals surface area contributed by atoms with E-state index in [0.29, 0.717) is 25.3 Å². The quantitative estimate of drug-likeness (QED) is 0.575. The van der Waals surface area contributed by atoms with Crippen molar-refractivity contribution in [2.45, 2.75) is 32.9 Å². The predicted molar refractivity (Wildman–Crippen MR) is 127 cm³/mol. The Morgan fingerprint density at radius 2 is 2.06 bits per heavy atom. The number of hydrogen-bond acceptors (Lipinski definition) is 3. The maximum atomic E-state index is 13.4. The number of anilines is 1. The molecular formula is C24H28N4O2S. The van der Waals surface area contributed by atoms with Crippen molar-refractivity contribution in [2.24, 2.45) is 0 Å². The van der Waals surface area contributed by atoms with Gasteiger partial charge in [-0.05, 0) is 49.4 Å². The first-order chi connectivity index (χ1) is 15.0. The molecule has 0 saturated carbocycles. The van der Waals surface area contributed by atoms with Crippen LogP contribution < -0.4 is 5.32 Å². The van der Waals surface area contributed by atoms with Crippen LogP contribution in [0.5, 0.6) is 0 Å². The number of piperazine rings is 1. The fourth-order valence-electron chi connectivity index (χ4n) is 4.10. The summed E-state index contributed by atoms with van der Waals surface area (Å²) in [6.07, 6.45) is 2.69. The average molecular weight is 437 g/mol. The molecule has 0 radical (unpaired) electrons. The van der Waals surface area contributed by atoms with E-state index >= 15 is 0 Å². The number of allylic oxidation sites excluding steroid dienone is 1. The van der Waals surface area contributed by atoms with Crippen LogP contribution in [0, 0.1) is 6.92 Å². The van der Waals surface area contributed by atoms with Crippen LogP contribution in [0.25, 0.3) is 10.2 Å². The standard InChI is InChI=1S/C24H28N4O2S/c1-4-5-11-28-21(15-19-10-14-31-23(19)28)22(29)26-12-13-27(18(3)16-26)24(30)25-20-9-7-6-8-17(20)2/h4,6-10,14-15,18H,1,5,11-13,16H2,2-3H3,(H,25,30). The molecule has 31 heavy (non-hydrogen) atoms. The van der Waals surface area contributed by atoms with Crippen molar-refractivity contribution in [3.8, 4) is 0 Å². The lowest BCUT2D eigenvalue weighted by Crippen LogP contribution is -2.56. The van der Waals surface area contributed by atoms with E-state index in [-0.39, 0.29) is 18.0 Å². The molecule has 2 aromatic heterocycles. The Labute approximate surface area is 186 Å². The van der Waals surface area contributed by atoms with Crippen LogP contribution in [0.1, 0.15) is 29.4 Å². The summed E-state index contributed by atoms with van der Waals surface area (Å²) in [4.78, 5) is 31.0. The first-order valence-electron chi connectivity index (χ1n) is 10.6. The lowest BCUT2D eigenvalue weighted by Gasteiger charge is -2.39. The van der Waals surface area contributed by atoms with Crippen molar-refractivity contribution in [1.82, 2.24) is 14.4 Å². The van der Waals surface area contributed by atoms with E-state index in [2.05, 4.69) is 27.9 Å². The third-order valence-electron chi connectivity index (χ3n) is 5.84. The summed E-state index contributed by atoms with van der Waals surface area (Å²) in [6, 6.07) is 11.6. The Hall–Kier alpha value is -3.06. The minimum atomic E-state index is -0.122. The molecule has 0 spiro atoms. The molecule has 1 aliphatic rings. The van der Waals surface area contributed by atoms with E-state index in [1.54, 1.807) is 11.3 Å². The van der Waals surface area contributed by atoms with Gasteiger partial charge in [0.25, 0.3) is 5.91 Å². The summed E-state index contributed by atoms with van der Waals surface area (Å²) < 4.78 is 2.10. The topological polar surface area (TPSA) is 57.6 Å². The van der Waals surface area contributed by atoms with E-state index in [0.717, 1.165) is 34.4 Å². The number of nitrogens with one attached hydrogen (secondary N) is 1. The lowest BCUT2D eigenvalue weighted by atomic mass is 10.1. The third kappa shape index (κ3) is 4.23. The number of aromatic nitrogens is 1. The van der Waals surface area contributed by atoms with Gasteiger partial charge in [0, 0.05) is 43.3 Å². The number of rotatable bonds is 5. The van der Waals surface area contributed by atoms with Gasteiger partial charge in [0.1, 0.15) is 10.5 Å². The van der Waals surface area contributed by atoms with Gasteiger partial charge in [0.15, 0.2) is 0 Å². The van der Waals surface area contributed by atoms with E-state index < -0.39 is 0 Å². The minimum Gasteiger partial charge on any atom is -0.334 e. The number of urea groups is 1. The van der Waals surface area contributed by atoms with Crippen LogP contribution in [0.3, 0.4) is 0 Å².